The van der Waals surface area contributed by atoms with Crippen LogP contribution in [0.2, 0.25) is 0 Å². The zero-order chi connectivity index (χ0) is 21.4. The molecule has 2 rings (SSSR count). The Hall–Kier alpha value is -2.98. The second kappa shape index (κ2) is 9.99. The van der Waals surface area contributed by atoms with Crippen molar-refractivity contribution in [3.05, 3.63) is 64.2 Å². The molecule has 0 amide bonds. The molecule has 2 aromatic carbocycles. The molecule has 1 unspecified atom stereocenters. The van der Waals surface area contributed by atoms with E-state index >= 15 is 0 Å². The van der Waals surface area contributed by atoms with Crippen LogP contribution in [0.5, 0.6) is 5.75 Å². The van der Waals surface area contributed by atoms with Gasteiger partial charge in [-0.25, -0.2) is 13.1 Å². The normalized spacial score (nSPS) is 12.2. The summed E-state index contributed by atoms with van der Waals surface area (Å²) in [7, 11) is -2.84. The number of esters is 1. The fourth-order valence-corrected chi connectivity index (χ4v) is 3.77. The summed E-state index contributed by atoms with van der Waals surface area (Å²) in [4.78, 5) is 22.4. The summed E-state index contributed by atoms with van der Waals surface area (Å²) in [6.07, 6.45) is 0.283. The monoisotopic (exact) mass is 422 g/mol. The lowest BCUT2D eigenvalue weighted by Crippen LogP contribution is -2.35. The van der Waals surface area contributed by atoms with Gasteiger partial charge in [-0.3, -0.25) is 14.9 Å². The molecule has 0 aliphatic heterocycles. The SMILES string of the molecule is CCOC(=O)C(CNS(=O)(=O)c1ccc(OC)c([N+](=O)[O-])c1)Cc1ccccc1. The average Bonchev–Trinajstić information content (AvgIpc) is 2.71. The lowest BCUT2D eigenvalue weighted by atomic mass is 10.00. The van der Waals surface area contributed by atoms with E-state index in [4.69, 9.17) is 9.47 Å². The van der Waals surface area contributed by atoms with Crippen LogP contribution < -0.4 is 9.46 Å². The van der Waals surface area contributed by atoms with E-state index in [0.29, 0.717) is 0 Å². The number of hydrogen-bond acceptors (Lipinski definition) is 7. The molecule has 10 heteroatoms. The first kappa shape index (κ1) is 22.3. The van der Waals surface area contributed by atoms with Crippen LogP contribution >= 0.6 is 0 Å². The van der Waals surface area contributed by atoms with Crippen molar-refractivity contribution in [2.24, 2.45) is 5.92 Å². The summed E-state index contributed by atoms with van der Waals surface area (Å²) < 4.78 is 37.5. The summed E-state index contributed by atoms with van der Waals surface area (Å²) in [5.41, 5.74) is 0.381. The summed E-state index contributed by atoms with van der Waals surface area (Å²) in [6, 6.07) is 12.4. The molecule has 0 saturated carbocycles. The van der Waals surface area contributed by atoms with E-state index in [1.165, 1.54) is 19.2 Å². The van der Waals surface area contributed by atoms with Gasteiger partial charge in [0.25, 0.3) is 0 Å². The van der Waals surface area contributed by atoms with Crippen molar-refractivity contribution in [3.63, 3.8) is 0 Å². The number of nitrogens with one attached hydrogen (secondary N) is 1. The van der Waals surface area contributed by atoms with Crippen LogP contribution in [0.3, 0.4) is 0 Å². The van der Waals surface area contributed by atoms with Crippen molar-refractivity contribution in [1.82, 2.24) is 4.72 Å². The smallest absolute Gasteiger partial charge is 0.312 e. The van der Waals surface area contributed by atoms with Gasteiger partial charge in [-0.15, -0.1) is 0 Å². The molecule has 0 bridgehead atoms. The van der Waals surface area contributed by atoms with Crippen molar-refractivity contribution in [1.29, 1.82) is 0 Å². The minimum Gasteiger partial charge on any atom is -0.490 e. The van der Waals surface area contributed by atoms with Gasteiger partial charge in [-0.2, -0.15) is 0 Å². The second-order valence-corrected chi connectivity index (χ2v) is 7.85. The van der Waals surface area contributed by atoms with Gasteiger partial charge >= 0.3 is 11.7 Å². The first-order valence-corrected chi connectivity index (χ1v) is 10.3. The summed E-state index contributed by atoms with van der Waals surface area (Å²) in [5.74, 6) is -1.33. The van der Waals surface area contributed by atoms with Gasteiger partial charge < -0.3 is 9.47 Å². The molecule has 0 radical (unpaired) electrons. The molecule has 156 valence electrons. The number of carbonyl (C=O) groups is 1. The van der Waals surface area contributed by atoms with Gasteiger partial charge in [0.05, 0.1) is 29.5 Å². The van der Waals surface area contributed by atoms with Crippen molar-refractivity contribution in [2.75, 3.05) is 20.3 Å². The minimum atomic E-state index is -4.09. The maximum absolute atomic E-state index is 12.6. The maximum atomic E-state index is 12.6. The van der Waals surface area contributed by atoms with Crippen molar-refractivity contribution < 1.29 is 27.6 Å². The van der Waals surface area contributed by atoms with Crippen molar-refractivity contribution in [3.8, 4) is 5.75 Å². The first-order valence-electron chi connectivity index (χ1n) is 8.81. The Bertz CT molecular complexity index is 962. The molecule has 0 saturated heterocycles. The molecule has 0 spiro atoms. The second-order valence-electron chi connectivity index (χ2n) is 6.08. The van der Waals surface area contributed by atoms with E-state index in [9.17, 15) is 23.3 Å². The number of hydrogen-bond donors (Lipinski definition) is 1. The maximum Gasteiger partial charge on any atom is 0.312 e. The van der Waals surface area contributed by atoms with Crippen LogP contribution in [0.25, 0.3) is 0 Å². The first-order chi connectivity index (χ1) is 13.8. The van der Waals surface area contributed by atoms with E-state index in [1.54, 1.807) is 6.92 Å². The number of nitro groups is 1. The quantitative estimate of drug-likeness (QED) is 0.354. The summed E-state index contributed by atoms with van der Waals surface area (Å²) in [5, 5.41) is 11.1. The predicted molar refractivity (Wildman–Crippen MR) is 105 cm³/mol. The third kappa shape index (κ3) is 6.00. The van der Waals surface area contributed by atoms with Gasteiger partial charge in [0.15, 0.2) is 5.75 Å². The van der Waals surface area contributed by atoms with E-state index in [-0.39, 0.29) is 30.2 Å². The highest BCUT2D eigenvalue weighted by molar-refractivity contribution is 7.89. The Labute approximate surface area is 168 Å². The molecule has 0 heterocycles. The number of sulfonamides is 1. The number of benzene rings is 2. The molecule has 1 atom stereocenters. The topological polar surface area (TPSA) is 125 Å². The highest BCUT2D eigenvalue weighted by Crippen LogP contribution is 2.29. The number of methoxy groups -OCH3 is 1. The molecule has 0 aliphatic rings. The molecule has 1 N–H and O–H groups in total. The van der Waals surface area contributed by atoms with Gasteiger partial charge in [-0.05, 0) is 31.0 Å². The standard InChI is InChI=1S/C19H22N2O7S/c1-3-28-19(22)15(11-14-7-5-4-6-8-14)13-20-29(25,26)16-9-10-18(27-2)17(12-16)21(23)24/h4-10,12,15,20H,3,11,13H2,1-2H3. The molecule has 0 aliphatic carbocycles. The highest BCUT2D eigenvalue weighted by Gasteiger charge is 2.26. The summed E-state index contributed by atoms with van der Waals surface area (Å²) in [6.45, 7) is 1.62. The predicted octanol–water partition coefficient (Wildman–Crippen LogP) is 2.30. The molecule has 2 aromatic rings. The molecule has 0 aromatic heterocycles. The van der Waals surface area contributed by atoms with Crippen LogP contribution in [0.15, 0.2) is 53.4 Å². The van der Waals surface area contributed by atoms with E-state index < -0.39 is 32.5 Å². The fourth-order valence-electron chi connectivity index (χ4n) is 2.67. The Morgan fingerprint density at radius 2 is 1.90 bits per heavy atom. The van der Waals surface area contributed by atoms with Crippen LogP contribution in [0, 0.1) is 16.0 Å². The molecule has 29 heavy (non-hydrogen) atoms. The number of nitro benzene ring substituents is 1. The zero-order valence-corrected chi connectivity index (χ0v) is 16.8. The number of carbonyl (C=O) groups excluding carboxylic acids is 1. The number of ether oxygens (including phenoxy) is 2. The fraction of sp³-hybridized carbons (Fsp3) is 0.316. The molecular formula is C19H22N2O7S. The van der Waals surface area contributed by atoms with Crippen LogP contribution in [0.4, 0.5) is 5.69 Å². The van der Waals surface area contributed by atoms with Crippen LogP contribution in [-0.4, -0.2) is 39.6 Å². The molecule has 9 nitrogen and oxygen atoms in total. The van der Waals surface area contributed by atoms with Gasteiger partial charge in [-0.1, -0.05) is 30.3 Å². The highest BCUT2D eigenvalue weighted by atomic mass is 32.2. The van der Waals surface area contributed by atoms with Crippen LogP contribution in [-0.2, 0) is 26.0 Å². The average molecular weight is 422 g/mol. The van der Waals surface area contributed by atoms with E-state index in [0.717, 1.165) is 11.6 Å². The van der Waals surface area contributed by atoms with Crippen molar-refractivity contribution in [2.45, 2.75) is 18.2 Å². The lowest BCUT2D eigenvalue weighted by Gasteiger charge is -2.17. The van der Waals surface area contributed by atoms with E-state index in [1.807, 2.05) is 30.3 Å². The largest absolute Gasteiger partial charge is 0.490 e. The zero-order valence-electron chi connectivity index (χ0n) is 16.0. The van der Waals surface area contributed by atoms with Crippen molar-refractivity contribution >= 4 is 21.7 Å². The van der Waals surface area contributed by atoms with Gasteiger partial charge in [0.2, 0.25) is 10.0 Å². The third-order valence-corrected chi connectivity index (χ3v) is 5.54. The minimum absolute atomic E-state index is 0.0533. The number of nitrogens with zero attached hydrogens (tertiary/aromatic N) is 1. The summed E-state index contributed by atoms with van der Waals surface area (Å²) >= 11 is 0. The third-order valence-electron chi connectivity index (χ3n) is 4.12. The van der Waals surface area contributed by atoms with Crippen LogP contribution in [0.1, 0.15) is 12.5 Å². The van der Waals surface area contributed by atoms with Gasteiger partial charge in [0, 0.05) is 12.6 Å². The number of rotatable bonds is 10. The van der Waals surface area contributed by atoms with E-state index in [2.05, 4.69) is 4.72 Å². The van der Waals surface area contributed by atoms with Gasteiger partial charge in [0.1, 0.15) is 0 Å². The Morgan fingerprint density at radius 3 is 2.48 bits per heavy atom. The lowest BCUT2D eigenvalue weighted by molar-refractivity contribution is -0.386. The Kier molecular flexibility index (Phi) is 7.68. The Balaban J connectivity index is 2.21. The molecular weight excluding hydrogens is 400 g/mol. The Morgan fingerprint density at radius 1 is 1.21 bits per heavy atom. The molecule has 0 fully saturated rings.